The molecule has 2 aliphatic rings. The molecule has 6 heteroatoms. The van der Waals surface area contributed by atoms with Crippen LogP contribution in [0.1, 0.15) is 31.2 Å². The van der Waals surface area contributed by atoms with Crippen LogP contribution < -0.4 is 5.32 Å². The van der Waals surface area contributed by atoms with Crippen LogP contribution in [0.2, 0.25) is 0 Å². The van der Waals surface area contributed by atoms with Gasteiger partial charge in [0.25, 0.3) is 5.91 Å². The quantitative estimate of drug-likeness (QED) is 0.841. The van der Waals surface area contributed by atoms with E-state index in [1.807, 2.05) is 0 Å². The van der Waals surface area contributed by atoms with Gasteiger partial charge in [0.2, 0.25) is 0 Å². The van der Waals surface area contributed by atoms with Crippen LogP contribution in [0, 0.1) is 5.82 Å². The van der Waals surface area contributed by atoms with Gasteiger partial charge in [0.1, 0.15) is 11.4 Å². The molecule has 0 unspecified atom stereocenters. The van der Waals surface area contributed by atoms with Gasteiger partial charge < -0.3 is 5.32 Å². The molecule has 1 spiro atoms. The maximum Gasteiger partial charge on any atom is 0.325 e. The molecule has 2 fully saturated rings. The van der Waals surface area contributed by atoms with Crippen LogP contribution in [0.3, 0.4) is 0 Å². The van der Waals surface area contributed by atoms with E-state index in [9.17, 15) is 14.0 Å². The number of benzene rings is 1. The Balaban J connectivity index is 1.84. The second-order valence-electron chi connectivity index (χ2n) is 5.39. The molecule has 1 aliphatic carbocycles. The van der Waals surface area contributed by atoms with Crippen molar-refractivity contribution in [3.63, 3.8) is 0 Å². The predicted molar refractivity (Wildman–Crippen MR) is 74.4 cm³/mol. The number of nitrogens with zero attached hydrogens (tertiary/aromatic N) is 1. The lowest BCUT2D eigenvalue weighted by Crippen LogP contribution is -2.44. The molecule has 3 rings (SSSR count). The Morgan fingerprint density at radius 3 is 2.60 bits per heavy atom. The van der Waals surface area contributed by atoms with Gasteiger partial charge in [0, 0.05) is 4.47 Å². The third-order valence-corrected chi connectivity index (χ3v) is 4.42. The summed E-state index contributed by atoms with van der Waals surface area (Å²) in [5.41, 5.74) is -0.114. The van der Waals surface area contributed by atoms with Crippen molar-refractivity contribution < 1.29 is 14.0 Å². The van der Waals surface area contributed by atoms with Crippen LogP contribution in [-0.2, 0) is 11.3 Å². The number of nitrogens with one attached hydrogen (secondary N) is 1. The summed E-state index contributed by atoms with van der Waals surface area (Å²) < 4.78 is 13.9. The average molecular weight is 341 g/mol. The zero-order valence-electron chi connectivity index (χ0n) is 10.8. The number of rotatable bonds is 2. The number of amides is 3. The van der Waals surface area contributed by atoms with Crippen molar-refractivity contribution in [3.05, 3.63) is 34.1 Å². The molecule has 0 radical (unpaired) electrons. The van der Waals surface area contributed by atoms with Crippen LogP contribution in [0.25, 0.3) is 0 Å². The minimum absolute atomic E-state index is 0.1000. The van der Waals surface area contributed by atoms with Crippen molar-refractivity contribution >= 4 is 27.9 Å². The van der Waals surface area contributed by atoms with E-state index >= 15 is 0 Å². The molecule has 1 N–H and O–H groups in total. The number of halogens is 2. The summed E-state index contributed by atoms with van der Waals surface area (Å²) in [4.78, 5) is 25.6. The third kappa shape index (κ3) is 2.22. The molecule has 106 valence electrons. The van der Waals surface area contributed by atoms with Gasteiger partial charge in [-0.05, 0) is 36.6 Å². The van der Waals surface area contributed by atoms with Crippen LogP contribution in [0.5, 0.6) is 0 Å². The number of urea groups is 1. The zero-order valence-corrected chi connectivity index (χ0v) is 12.4. The molecule has 1 saturated heterocycles. The highest BCUT2D eigenvalue weighted by atomic mass is 79.9. The molecule has 0 atom stereocenters. The van der Waals surface area contributed by atoms with Crippen molar-refractivity contribution in [1.82, 2.24) is 10.2 Å². The molecule has 1 aromatic carbocycles. The average Bonchev–Trinajstić information content (AvgIpc) is 2.90. The van der Waals surface area contributed by atoms with Crippen LogP contribution in [0.4, 0.5) is 9.18 Å². The van der Waals surface area contributed by atoms with Gasteiger partial charge in [-0.1, -0.05) is 28.8 Å². The van der Waals surface area contributed by atoms with E-state index in [1.54, 1.807) is 6.07 Å². The Kier molecular flexibility index (Phi) is 3.28. The van der Waals surface area contributed by atoms with Gasteiger partial charge in [0.05, 0.1) is 6.54 Å². The standard InChI is InChI=1S/C14H14BrFN2O2/c15-10-5-9(6-11(16)7-10)8-18-12(19)14(17-13(18)20)3-1-2-4-14/h5-7H,1-4,8H2,(H,17,20). The fourth-order valence-electron chi connectivity index (χ4n) is 3.02. The van der Waals surface area contributed by atoms with Crippen LogP contribution in [0.15, 0.2) is 22.7 Å². The lowest BCUT2D eigenvalue weighted by molar-refractivity contribution is -0.131. The summed E-state index contributed by atoms with van der Waals surface area (Å²) in [5.74, 6) is -0.572. The molecule has 1 aromatic rings. The SMILES string of the molecule is O=C1NC2(CCCC2)C(=O)N1Cc1cc(F)cc(Br)c1. The fraction of sp³-hybridized carbons (Fsp3) is 0.429. The Labute approximate surface area is 124 Å². The normalized spacial score (nSPS) is 20.8. The largest absolute Gasteiger partial charge is 0.325 e. The smallest absolute Gasteiger partial charge is 0.323 e. The number of carbonyl (C=O) groups is 2. The summed E-state index contributed by atoms with van der Waals surface area (Å²) in [6.45, 7) is 0.1000. The van der Waals surface area contributed by atoms with E-state index in [2.05, 4.69) is 21.2 Å². The van der Waals surface area contributed by atoms with E-state index in [0.29, 0.717) is 22.9 Å². The van der Waals surface area contributed by atoms with Crippen molar-refractivity contribution in [1.29, 1.82) is 0 Å². The summed E-state index contributed by atoms with van der Waals surface area (Å²) in [6.07, 6.45) is 3.29. The summed E-state index contributed by atoms with van der Waals surface area (Å²) >= 11 is 3.21. The summed E-state index contributed by atoms with van der Waals surface area (Å²) in [5, 5.41) is 2.81. The van der Waals surface area contributed by atoms with Gasteiger partial charge in [-0.2, -0.15) is 0 Å². The van der Waals surface area contributed by atoms with E-state index in [4.69, 9.17) is 0 Å². The molecule has 0 aromatic heterocycles. The lowest BCUT2D eigenvalue weighted by atomic mass is 9.98. The van der Waals surface area contributed by atoms with E-state index in [1.165, 1.54) is 17.0 Å². The van der Waals surface area contributed by atoms with Crippen molar-refractivity contribution in [2.75, 3.05) is 0 Å². The van der Waals surface area contributed by atoms with E-state index in [-0.39, 0.29) is 18.5 Å². The van der Waals surface area contributed by atoms with Crippen molar-refractivity contribution in [2.24, 2.45) is 0 Å². The fourth-order valence-corrected chi connectivity index (χ4v) is 3.53. The highest BCUT2D eigenvalue weighted by molar-refractivity contribution is 9.10. The monoisotopic (exact) mass is 340 g/mol. The maximum absolute atomic E-state index is 13.4. The Morgan fingerprint density at radius 1 is 1.25 bits per heavy atom. The lowest BCUT2D eigenvalue weighted by Gasteiger charge is -2.20. The van der Waals surface area contributed by atoms with Crippen molar-refractivity contribution in [2.45, 2.75) is 37.8 Å². The number of hydrogen-bond donors (Lipinski definition) is 1. The first kappa shape index (κ1) is 13.5. The molecule has 1 aliphatic heterocycles. The van der Waals surface area contributed by atoms with Crippen LogP contribution in [-0.4, -0.2) is 22.4 Å². The van der Waals surface area contributed by atoms with Gasteiger partial charge in [-0.15, -0.1) is 0 Å². The Morgan fingerprint density at radius 2 is 1.95 bits per heavy atom. The topological polar surface area (TPSA) is 49.4 Å². The predicted octanol–water partition coefficient (Wildman–Crippen LogP) is 2.95. The molecule has 1 saturated carbocycles. The Bertz CT molecular complexity index is 564. The molecule has 4 nitrogen and oxygen atoms in total. The van der Waals surface area contributed by atoms with Gasteiger partial charge in [0.15, 0.2) is 0 Å². The first-order chi connectivity index (χ1) is 9.50. The number of imide groups is 1. The maximum atomic E-state index is 13.4. The van der Waals surface area contributed by atoms with Gasteiger partial charge >= 0.3 is 6.03 Å². The number of carbonyl (C=O) groups excluding carboxylic acids is 2. The van der Waals surface area contributed by atoms with E-state index in [0.717, 1.165) is 12.8 Å². The summed E-state index contributed by atoms with van der Waals surface area (Å²) in [7, 11) is 0. The second kappa shape index (κ2) is 4.84. The Hall–Kier alpha value is -1.43. The first-order valence-electron chi connectivity index (χ1n) is 6.59. The molecular formula is C14H14BrFN2O2. The minimum Gasteiger partial charge on any atom is -0.323 e. The highest BCUT2D eigenvalue weighted by Gasteiger charge is 2.52. The molecule has 3 amide bonds. The molecule has 20 heavy (non-hydrogen) atoms. The summed E-state index contributed by atoms with van der Waals surface area (Å²) in [6, 6.07) is 4.01. The minimum atomic E-state index is -0.707. The molecule has 1 heterocycles. The van der Waals surface area contributed by atoms with Gasteiger partial charge in [-0.3, -0.25) is 9.69 Å². The zero-order chi connectivity index (χ0) is 14.3. The van der Waals surface area contributed by atoms with E-state index < -0.39 is 11.4 Å². The number of hydrogen-bond acceptors (Lipinski definition) is 2. The molecule has 0 bridgehead atoms. The van der Waals surface area contributed by atoms with Gasteiger partial charge in [-0.25, -0.2) is 9.18 Å². The second-order valence-corrected chi connectivity index (χ2v) is 6.30. The third-order valence-electron chi connectivity index (χ3n) is 3.97. The van der Waals surface area contributed by atoms with Crippen molar-refractivity contribution in [3.8, 4) is 0 Å². The highest BCUT2D eigenvalue weighted by Crippen LogP contribution is 2.35. The molecular weight excluding hydrogens is 327 g/mol. The van der Waals surface area contributed by atoms with Crippen LogP contribution >= 0.6 is 15.9 Å². The first-order valence-corrected chi connectivity index (χ1v) is 7.39.